The van der Waals surface area contributed by atoms with Crippen molar-refractivity contribution >= 4 is 11.6 Å². The van der Waals surface area contributed by atoms with Crippen LogP contribution in [0.2, 0.25) is 0 Å². The maximum atomic E-state index is 10.6. The number of rotatable bonds is 3. The summed E-state index contributed by atoms with van der Waals surface area (Å²) in [6.07, 6.45) is 5.93. The van der Waals surface area contributed by atoms with Gasteiger partial charge in [-0.1, -0.05) is 19.8 Å². The average molecular weight is 274 g/mol. The van der Waals surface area contributed by atoms with Crippen LogP contribution in [0.25, 0.3) is 5.65 Å². The van der Waals surface area contributed by atoms with Gasteiger partial charge in [-0.15, -0.1) is 5.10 Å². The van der Waals surface area contributed by atoms with E-state index < -0.39 is 5.60 Å². The van der Waals surface area contributed by atoms with E-state index in [1.807, 2.05) is 25.3 Å². The second kappa shape index (κ2) is 5.05. The third-order valence-corrected chi connectivity index (χ3v) is 4.14. The summed E-state index contributed by atoms with van der Waals surface area (Å²) < 4.78 is 1.75. The van der Waals surface area contributed by atoms with Gasteiger partial charge in [0.1, 0.15) is 0 Å². The molecule has 0 saturated heterocycles. The monoisotopic (exact) mass is 274 g/mol. The van der Waals surface area contributed by atoms with E-state index in [2.05, 4.69) is 22.3 Å². The summed E-state index contributed by atoms with van der Waals surface area (Å²) in [6.45, 7) is 4.76. The van der Waals surface area contributed by atoms with Crippen LogP contribution in [0.15, 0.2) is 18.3 Å². The van der Waals surface area contributed by atoms with Gasteiger partial charge in [0.15, 0.2) is 5.65 Å². The number of hydrogen-bond donors (Lipinski definition) is 2. The molecule has 5 nitrogen and oxygen atoms in total. The van der Waals surface area contributed by atoms with Crippen LogP contribution in [0.1, 0.15) is 38.2 Å². The first-order valence-electron chi connectivity index (χ1n) is 7.33. The van der Waals surface area contributed by atoms with Gasteiger partial charge in [0, 0.05) is 12.7 Å². The molecule has 2 heterocycles. The molecule has 1 fully saturated rings. The van der Waals surface area contributed by atoms with E-state index in [0.29, 0.717) is 18.4 Å². The largest absolute Gasteiger partial charge is 0.388 e. The summed E-state index contributed by atoms with van der Waals surface area (Å²) in [5, 5.41) is 18.2. The molecule has 1 aliphatic carbocycles. The topological polar surface area (TPSA) is 62.5 Å². The van der Waals surface area contributed by atoms with Crippen molar-refractivity contribution in [3.8, 4) is 0 Å². The van der Waals surface area contributed by atoms with E-state index in [0.717, 1.165) is 30.5 Å². The Morgan fingerprint density at radius 2 is 2.40 bits per heavy atom. The fourth-order valence-electron chi connectivity index (χ4n) is 3.09. The highest BCUT2D eigenvalue weighted by Crippen LogP contribution is 2.32. The highest BCUT2D eigenvalue weighted by Gasteiger charge is 2.32. The number of hydrogen-bond acceptors (Lipinski definition) is 4. The Bertz CT molecular complexity index is 609. The van der Waals surface area contributed by atoms with Gasteiger partial charge in [0.05, 0.1) is 5.60 Å². The Hall–Kier alpha value is -1.62. The fraction of sp³-hybridized carbons (Fsp3) is 0.600. The van der Waals surface area contributed by atoms with Gasteiger partial charge in [0.2, 0.25) is 5.95 Å². The molecule has 0 spiro atoms. The standard InChI is InChI=1S/C15H22N4O/c1-11-5-7-19-13(8-11)17-14(18-19)16-10-15(20)6-3-4-12(2)9-15/h5,7-8,12,20H,3-4,6,9-10H2,1-2H3,(H,16,18). The van der Waals surface area contributed by atoms with Crippen LogP contribution in [0.3, 0.4) is 0 Å². The summed E-state index contributed by atoms with van der Waals surface area (Å²) >= 11 is 0. The number of pyridine rings is 1. The normalized spacial score (nSPS) is 26.9. The Kier molecular flexibility index (Phi) is 3.38. The molecule has 0 bridgehead atoms. The zero-order valence-electron chi connectivity index (χ0n) is 12.1. The Labute approximate surface area is 119 Å². The lowest BCUT2D eigenvalue weighted by atomic mass is 9.79. The first kappa shape index (κ1) is 13.4. The minimum absolute atomic E-state index is 0.521. The Morgan fingerprint density at radius 1 is 1.55 bits per heavy atom. The third kappa shape index (κ3) is 2.77. The number of nitrogens with one attached hydrogen (secondary N) is 1. The molecule has 2 aromatic heterocycles. The molecule has 0 radical (unpaired) electrons. The zero-order chi connectivity index (χ0) is 14.2. The number of anilines is 1. The lowest BCUT2D eigenvalue weighted by Gasteiger charge is -2.35. The summed E-state index contributed by atoms with van der Waals surface area (Å²) in [5.41, 5.74) is 1.37. The second-order valence-corrected chi connectivity index (χ2v) is 6.22. The van der Waals surface area contributed by atoms with E-state index in [9.17, 15) is 5.11 Å². The molecule has 3 rings (SSSR count). The molecule has 2 N–H and O–H groups in total. The van der Waals surface area contributed by atoms with E-state index in [4.69, 9.17) is 0 Å². The highest BCUT2D eigenvalue weighted by atomic mass is 16.3. The quantitative estimate of drug-likeness (QED) is 0.902. The van der Waals surface area contributed by atoms with Crippen molar-refractivity contribution in [3.05, 3.63) is 23.9 Å². The summed E-state index contributed by atoms with van der Waals surface area (Å²) in [7, 11) is 0. The van der Waals surface area contributed by atoms with Gasteiger partial charge in [-0.3, -0.25) is 0 Å². The van der Waals surface area contributed by atoms with Crippen LogP contribution in [0.5, 0.6) is 0 Å². The molecule has 2 atom stereocenters. The van der Waals surface area contributed by atoms with Crippen molar-refractivity contribution in [2.45, 2.75) is 45.1 Å². The van der Waals surface area contributed by atoms with Gasteiger partial charge in [-0.05, 0) is 43.4 Å². The van der Waals surface area contributed by atoms with Crippen LogP contribution in [0.4, 0.5) is 5.95 Å². The van der Waals surface area contributed by atoms with Gasteiger partial charge >= 0.3 is 0 Å². The molecule has 108 valence electrons. The van der Waals surface area contributed by atoms with Crippen molar-refractivity contribution < 1.29 is 5.11 Å². The molecule has 0 amide bonds. The first-order valence-corrected chi connectivity index (χ1v) is 7.33. The highest BCUT2D eigenvalue weighted by molar-refractivity contribution is 5.45. The molecular weight excluding hydrogens is 252 g/mol. The minimum Gasteiger partial charge on any atom is -0.388 e. The molecule has 0 aliphatic heterocycles. The predicted molar refractivity (Wildman–Crippen MR) is 78.8 cm³/mol. The van der Waals surface area contributed by atoms with Crippen molar-refractivity contribution in [1.82, 2.24) is 14.6 Å². The number of aromatic nitrogens is 3. The van der Waals surface area contributed by atoms with E-state index in [1.54, 1.807) is 4.52 Å². The lowest BCUT2D eigenvalue weighted by Crippen LogP contribution is -2.41. The van der Waals surface area contributed by atoms with Crippen LogP contribution in [0, 0.1) is 12.8 Å². The fourth-order valence-corrected chi connectivity index (χ4v) is 3.09. The van der Waals surface area contributed by atoms with Crippen LogP contribution < -0.4 is 5.32 Å². The molecule has 0 aromatic carbocycles. The average Bonchev–Trinajstić information content (AvgIpc) is 2.78. The van der Waals surface area contributed by atoms with Crippen molar-refractivity contribution in [2.75, 3.05) is 11.9 Å². The minimum atomic E-state index is -0.620. The maximum Gasteiger partial charge on any atom is 0.243 e. The van der Waals surface area contributed by atoms with Gasteiger partial charge in [-0.2, -0.15) is 4.98 Å². The van der Waals surface area contributed by atoms with Crippen LogP contribution >= 0.6 is 0 Å². The van der Waals surface area contributed by atoms with E-state index >= 15 is 0 Å². The third-order valence-electron chi connectivity index (χ3n) is 4.14. The molecular formula is C15H22N4O. The SMILES string of the molecule is Cc1ccn2nc(NCC3(O)CCCC(C)C3)nc2c1. The summed E-state index contributed by atoms with van der Waals surface area (Å²) in [4.78, 5) is 4.44. The zero-order valence-corrected chi connectivity index (χ0v) is 12.1. The first-order chi connectivity index (χ1) is 9.54. The second-order valence-electron chi connectivity index (χ2n) is 6.22. The smallest absolute Gasteiger partial charge is 0.243 e. The molecule has 1 aliphatic rings. The summed E-state index contributed by atoms with van der Waals surface area (Å²) in [6, 6.07) is 4.00. The number of aliphatic hydroxyl groups is 1. The molecule has 2 unspecified atom stereocenters. The van der Waals surface area contributed by atoms with Crippen molar-refractivity contribution in [2.24, 2.45) is 5.92 Å². The molecule has 20 heavy (non-hydrogen) atoms. The number of nitrogens with zero attached hydrogens (tertiary/aromatic N) is 3. The number of aryl methyl sites for hydroxylation is 1. The lowest BCUT2D eigenvalue weighted by molar-refractivity contribution is -0.000891. The molecule has 1 saturated carbocycles. The van der Waals surface area contributed by atoms with Crippen molar-refractivity contribution in [3.63, 3.8) is 0 Å². The molecule has 5 heteroatoms. The summed E-state index contributed by atoms with van der Waals surface area (Å²) in [5.74, 6) is 1.18. The Morgan fingerprint density at radius 3 is 3.20 bits per heavy atom. The van der Waals surface area contributed by atoms with E-state index in [-0.39, 0.29) is 0 Å². The van der Waals surface area contributed by atoms with Gasteiger partial charge < -0.3 is 10.4 Å². The maximum absolute atomic E-state index is 10.6. The van der Waals surface area contributed by atoms with Crippen LogP contribution in [-0.4, -0.2) is 31.9 Å². The number of fused-ring (bicyclic) bond motifs is 1. The predicted octanol–water partition coefficient (Wildman–Crippen LogP) is 2.39. The van der Waals surface area contributed by atoms with Crippen molar-refractivity contribution in [1.29, 1.82) is 0 Å². The molecule has 2 aromatic rings. The van der Waals surface area contributed by atoms with Gasteiger partial charge in [0.25, 0.3) is 0 Å². The Balaban J connectivity index is 1.70. The van der Waals surface area contributed by atoms with Gasteiger partial charge in [-0.25, -0.2) is 4.52 Å². The van der Waals surface area contributed by atoms with E-state index in [1.165, 1.54) is 6.42 Å². The van der Waals surface area contributed by atoms with Crippen LogP contribution in [-0.2, 0) is 0 Å².